The van der Waals surface area contributed by atoms with Gasteiger partial charge in [-0.25, -0.2) is 4.79 Å². The third-order valence-electron chi connectivity index (χ3n) is 2.07. The Labute approximate surface area is 99.7 Å². The molecular weight excluding hydrogens is 224 g/mol. The summed E-state index contributed by atoms with van der Waals surface area (Å²) >= 11 is 1.47. The van der Waals surface area contributed by atoms with E-state index in [9.17, 15) is 4.79 Å². The van der Waals surface area contributed by atoms with Gasteiger partial charge in [-0.2, -0.15) is 0 Å². The van der Waals surface area contributed by atoms with E-state index in [1.54, 1.807) is 0 Å². The Kier molecular flexibility index (Phi) is 5.28. The average molecular weight is 242 g/mol. The minimum Gasteiger partial charge on any atom is -0.394 e. The Hall–Kier alpha value is -1.07. The molecule has 0 fully saturated rings. The third kappa shape index (κ3) is 4.63. The first-order valence-corrected chi connectivity index (χ1v) is 6.21. The van der Waals surface area contributed by atoms with Gasteiger partial charge in [0.2, 0.25) is 0 Å². The summed E-state index contributed by atoms with van der Waals surface area (Å²) in [5.41, 5.74) is 0. The van der Waals surface area contributed by atoms with Crippen molar-refractivity contribution in [2.75, 3.05) is 11.9 Å². The molecule has 0 aliphatic carbocycles. The van der Waals surface area contributed by atoms with Crippen molar-refractivity contribution in [1.82, 2.24) is 5.32 Å². The van der Waals surface area contributed by atoms with Gasteiger partial charge in [0.1, 0.15) is 0 Å². The van der Waals surface area contributed by atoms with E-state index in [2.05, 4.69) is 24.5 Å². The summed E-state index contributed by atoms with van der Waals surface area (Å²) < 4.78 is 0. The smallest absolute Gasteiger partial charge is 0.320 e. The van der Waals surface area contributed by atoms with Gasteiger partial charge in [0.05, 0.1) is 17.6 Å². The van der Waals surface area contributed by atoms with E-state index in [-0.39, 0.29) is 18.7 Å². The van der Waals surface area contributed by atoms with Gasteiger partial charge < -0.3 is 10.4 Å². The first-order chi connectivity index (χ1) is 7.61. The van der Waals surface area contributed by atoms with E-state index in [0.29, 0.717) is 5.92 Å². The van der Waals surface area contributed by atoms with Gasteiger partial charge >= 0.3 is 6.03 Å². The maximum atomic E-state index is 11.5. The second-order valence-electron chi connectivity index (χ2n) is 4.08. The largest absolute Gasteiger partial charge is 0.394 e. The quantitative estimate of drug-likeness (QED) is 0.741. The van der Waals surface area contributed by atoms with Crippen LogP contribution in [0.4, 0.5) is 9.80 Å². The van der Waals surface area contributed by atoms with Crippen LogP contribution in [0.15, 0.2) is 17.5 Å². The minimum atomic E-state index is -0.262. The van der Waals surface area contributed by atoms with Crippen LogP contribution >= 0.6 is 11.3 Å². The molecular formula is C11H18N2O2S. The van der Waals surface area contributed by atoms with Crippen LogP contribution in [0.3, 0.4) is 0 Å². The van der Waals surface area contributed by atoms with Gasteiger partial charge in [-0.15, -0.1) is 11.3 Å². The zero-order valence-corrected chi connectivity index (χ0v) is 10.4. The molecule has 4 nitrogen and oxygen atoms in total. The fourth-order valence-corrected chi connectivity index (χ4v) is 2.04. The first-order valence-electron chi connectivity index (χ1n) is 5.33. The van der Waals surface area contributed by atoms with E-state index < -0.39 is 0 Å². The molecule has 1 atom stereocenters. The predicted octanol–water partition coefficient (Wildman–Crippen LogP) is 2.28. The molecule has 1 rings (SSSR count). The van der Waals surface area contributed by atoms with Crippen LogP contribution in [0.25, 0.3) is 0 Å². The maximum absolute atomic E-state index is 11.5. The highest BCUT2D eigenvalue weighted by Crippen LogP contribution is 2.14. The fourth-order valence-electron chi connectivity index (χ4n) is 1.43. The van der Waals surface area contributed by atoms with Gasteiger partial charge in [0.25, 0.3) is 0 Å². The lowest BCUT2D eigenvalue weighted by atomic mass is 10.0. The number of aliphatic hydroxyl groups is 1. The van der Waals surface area contributed by atoms with E-state index in [4.69, 9.17) is 5.11 Å². The lowest BCUT2D eigenvalue weighted by Crippen LogP contribution is -2.40. The highest BCUT2D eigenvalue weighted by Gasteiger charge is 2.12. The SMILES string of the molecule is CC(C)C[C@@H](CO)NC(=O)Nc1cccs1. The summed E-state index contributed by atoms with van der Waals surface area (Å²) in [4.78, 5) is 11.5. The number of anilines is 1. The molecule has 0 unspecified atom stereocenters. The number of thiophene rings is 1. The fraction of sp³-hybridized carbons (Fsp3) is 0.545. The molecule has 2 amide bonds. The zero-order chi connectivity index (χ0) is 12.0. The van der Waals surface area contributed by atoms with Crippen molar-refractivity contribution in [2.24, 2.45) is 5.92 Å². The van der Waals surface area contributed by atoms with E-state index in [1.165, 1.54) is 11.3 Å². The van der Waals surface area contributed by atoms with Crippen LogP contribution in [0.2, 0.25) is 0 Å². The van der Waals surface area contributed by atoms with E-state index >= 15 is 0 Å². The molecule has 0 aliphatic heterocycles. The van der Waals surface area contributed by atoms with E-state index in [1.807, 2.05) is 17.5 Å². The van der Waals surface area contributed by atoms with Crippen LogP contribution in [0.1, 0.15) is 20.3 Å². The number of nitrogens with one attached hydrogen (secondary N) is 2. The number of amides is 2. The molecule has 3 N–H and O–H groups in total. The van der Waals surface area contributed by atoms with E-state index in [0.717, 1.165) is 11.4 Å². The van der Waals surface area contributed by atoms with Crippen molar-refractivity contribution in [1.29, 1.82) is 0 Å². The Bertz CT molecular complexity index is 312. The number of carbonyl (C=O) groups is 1. The second kappa shape index (κ2) is 6.50. The summed E-state index contributed by atoms with van der Waals surface area (Å²) in [5.74, 6) is 0.444. The van der Waals surface area contributed by atoms with Gasteiger partial charge in [-0.1, -0.05) is 13.8 Å². The van der Waals surface area contributed by atoms with Crippen molar-refractivity contribution in [3.05, 3.63) is 17.5 Å². The number of rotatable bonds is 5. The first kappa shape index (κ1) is 13.0. The van der Waals surface area contributed by atoms with Gasteiger partial charge in [0, 0.05) is 0 Å². The Morgan fingerprint density at radius 1 is 1.56 bits per heavy atom. The molecule has 1 heterocycles. The van der Waals surface area contributed by atoms with Crippen LogP contribution in [0.5, 0.6) is 0 Å². The number of hydrogen-bond acceptors (Lipinski definition) is 3. The average Bonchev–Trinajstić information content (AvgIpc) is 2.68. The van der Waals surface area contributed by atoms with Gasteiger partial charge in [-0.05, 0) is 29.9 Å². The van der Waals surface area contributed by atoms with Crippen LogP contribution in [-0.2, 0) is 0 Å². The van der Waals surface area contributed by atoms with Crippen LogP contribution in [0, 0.1) is 5.92 Å². The maximum Gasteiger partial charge on any atom is 0.320 e. The summed E-state index contributed by atoms with van der Waals surface area (Å²) in [7, 11) is 0. The molecule has 0 aromatic carbocycles. The summed E-state index contributed by atoms with van der Waals surface area (Å²) in [5, 5.41) is 17.3. The lowest BCUT2D eigenvalue weighted by Gasteiger charge is -2.18. The molecule has 1 aromatic rings. The monoisotopic (exact) mass is 242 g/mol. The standard InChI is InChI=1S/C11H18N2O2S/c1-8(2)6-9(7-14)12-11(15)13-10-4-3-5-16-10/h3-5,8-9,14H,6-7H2,1-2H3,(H2,12,13,15)/t9-/m0/s1. The van der Waals surface area contributed by atoms with Crippen LogP contribution in [-0.4, -0.2) is 23.8 Å². The predicted molar refractivity (Wildman–Crippen MR) is 66.8 cm³/mol. The second-order valence-corrected chi connectivity index (χ2v) is 5.03. The topological polar surface area (TPSA) is 61.4 Å². The highest BCUT2D eigenvalue weighted by molar-refractivity contribution is 7.14. The summed E-state index contributed by atoms with van der Waals surface area (Å²) in [6, 6.07) is 3.26. The highest BCUT2D eigenvalue weighted by atomic mass is 32.1. The summed E-state index contributed by atoms with van der Waals surface area (Å²) in [6.07, 6.45) is 0.772. The summed E-state index contributed by atoms with van der Waals surface area (Å²) in [6.45, 7) is 4.08. The number of aliphatic hydroxyl groups excluding tert-OH is 1. The molecule has 1 aromatic heterocycles. The number of hydrogen-bond donors (Lipinski definition) is 3. The minimum absolute atomic E-state index is 0.0317. The van der Waals surface area contributed by atoms with Crippen molar-refractivity contribution in [3.8, 4) is 0 Å². The third-order valence-corrected chi connectivity index (χ3v) is 2.85. The molecule has 90 valence electrons. The zero-order valence-electron chi connectivity index (χ0n) is 9.56. The van der Waals surface area contributed by atoms with Crippen molar-refractivity contribution < 1.29 is 9.90 Å². The molecule has 0 saturated heterocycles. The molecule has 5 heteroatoms. The number of carbonyl (C=O) groups excluding carboxylic acids is 1. The molecule has 0 bridgehead atoms. The Morgan fingerprint density at radius 2 is 2.31 bits per heavy atom. The lowest BCUT2D eigenvalue weighted by molar-refractivity contribution is 0.214. The normalized spacial score (nSPS) is 12.5. The van der Waals surface area contributed by atoms with Crippen molar-refractivity contribution in [3.63, 3.8) is 0 Å². The Balaban J connectivity index is 2.37. The van der Waals surface area contributed by atoms with Gasteiger partial charge in [0.15, 0.2) is 0 Å². The Morgan fingerprint density at radius 3 is 2.81 bits per heavy atom. The van der Waals surface area contributed by atoms with Crippen molar-refractivity contribution >= 4 is 22.4 Å². The molecule has 16 heavy (non-hydrogen) atoms. The molecule has 0 saturated carbocycles. The number of urea groups is 1. The molecule has 0 radical (unpaired) electrons. The van der Waals surface area contributed by atoms with Crippen LogP contribution < -0.4 is 10.6 Å². The molecule has 0 aliphatic rings. The molecule has 0 spiro atoms. The van der Waals surface area contributed by atoms with Crippen molar-refractivity contribution in [2.45, 2.75) is 26.3 Å². The van der Waals surface area contributed by atoms with Gasteiger partial charge in [-0.3, -0.25) is 5.32 Å².